The van der Waals surface area contributed by atoms with Crippen molar-refractivity contribution in [2.75, 3.05) is 4.90 Å². The summed E-state index contributed by atoms with van der Waals surface area (Å²) in [5.41, 5.74) is -1.69. The SMILES string of the molecule is CC(=O)OC(OC(C)=O)[C@@]12C=C[C@H](O1)[C@@H]1C(=O)N(c3ccc(C)cc3[N+](=O)[O-])C(=O)[C@H]12. The molecule has 0 aromatic heterocycles. The number of nitrogens with zero attached hydrogens (tertiary/aromatic N) is 2. The van der Waals surface area contributed by atoms with Gasteiger partial charge in [0.15, 0.2) is 5.60 Å². The predicted molar refractivity (Wildman–Crippen MR) is 101 cm³/mol. The summed E-state index contributed by atoms with van der Waals surface area (Å²) in [5, 5.41) is 11.5. The van der Waals surface area contributed by atoms with Crippen LogP contribution in [0.4, 0.5) is 11.4 Å². The van der Waals surface area contributed by atoms with Crippen LogP contribution >= 0.6 is 0 Å². The lowest BCUT2D eigenvalue weighted by Crippen LogP contribution is -2.52. The van der Waals surface area contributed by atoms with Crippen LogP contribution in [-0.2, 0) is 33.4 Å². The van der Waals surface area contributed by atoms with E-state index in [9.17, 15) is 29.3 Å². The van der Waals surface area contributed by atoms with Crippen molar-refractivity contribution < 1.29 is 38.3 Å². The molecule has 3 heterocycles. The summed E-state index contributed by atoms with van der Waals surface area (Å²) in [6.07, 6.45) is 0.514. The molecule has 2 amide bonds. The third-order valence-corrected chi connectivity index (χ3v) is 5.56. The van der Waals surface area contributed by atoms with E-state index >= 15 is 0 Å². The number of nitro groups is 1. The average Bonchev–Trinajstić information content (AvgIpc) is 3.32. The number of imide groups is 1. The molecule has 2 saturated heterocycles. The Kier molecular flexibility index (Phi) is 4.65. The lowest BCUT2D eigenvalue weighted by atomic mass is 9.76. The molecule has 2 fully saturated rings. The highest BCUT2D eigenvalue weighted by Crippen LogP contribution is 2.55. The van der Waals surface area contributed by atoms with Crippen molar-refractivity contribution in [1.82, 2.24) is 0 Å². The van der Waals surface area contributed by atoms with E-state index in [2.05, 4.69) is 0 Å². The lowest BCUT2D eigenvalue weighted by molar-refractivity contribution is -0.384. The van der Waals surface area contributed by atoms with Gasteiger partial charge in [-0.15, -0.1) is 0 Å². The zero-order valence-corrected chi connectivity index (χ0v) is 16.8. The Morgan fingerprint density at radius 3 is 2.42 bits per heavy atom. The molecule has 4 rings (SSSR count). The number of aryl methyl sites for hydroxylation is 1. The second kappa shape index (κ2) is 6.98. The number of anilines is 1. The number of hydrogen-bond donors (Lipinski definition) is 0. The molecule has 31 heavy (non-hydrogen) atoms. The molecule has 3 aliphatic rings. The number of rotatable bonds is 5. The minimum atomic E-state index is -1.71. The van der Waals surface area contributed by atoms with Crippen LogP contribution in [0.15, 0.2) is 30.4 Å². The van der Waals surface area contributed by atoms with Gasteiger partial charge in [0.05, 0.1) is 22.9 Å². The number of esters is 2. The van der Waals surface area contributed by atoms with Gasteiger partial charge in [0, 0.05) is 19.9 Å². The summed E-state index contributed by atoms with van der Waals surface area (Å²) < 4.78 is 16.1. The first-order valence-corrected chi connectivity index (χ1v) is 9.41. The zero-order valence-electron chi connectivity index (χ0n) is 16.8. The molecule has 1 aromatic rings. The van der Waals surface area contributed by atoms with E-state index in [-0.39, 0.29) is 5.69 Å². The molecular weight excluding hydrogens is 412 g/mol. The van der Waals surface area contributed by atoms with Crippen molar-refractivity contribution in [3.8, 4) is 0 Å². The van der Waals surface area contributed by atoms with E-state index in [1.165, 1.54) is 24.3 Å². The summed E-state index contributed by atoms with van der Waals surface area (Å²) >= 11 is 0. The third-order valence-electron chi connectivity index (χ3n) is 5.56. The van der Waals surface area contributed by atoms with Crippen LogP contribution in [0.1, 0.15) is 19.4 Å². The smallest absolute Gasteiger partial charge is 0.305 e. The molecule has 0 saturated carbocycles. The molecule has 0 unspecified atom stereocenters. The van der Waals surface area contributed by atoms with Gasteiger partial charge in [-0.1, -0.05) is 12.1 Å². The van der Waals surface area contributed by atoms with Crippen molar-refractivity contribution in [2.45, 2.75) is 38.8 Å². The standard InChI is InChI=1S/C20H18N2O9/c1-9-4-5-12(13(8-9)22(27)28)21-17(25)15-14-6-7-20(31-14,16(15)18(21)26)19(29-10(2)23)30-11(3)24/h4-8,14-16,19H,1-3H3/t14-,15-,16-,20-/m0/s1. The summed E-state index contributed by atoms with van der Waals surface area (Å²) in [7, 11) is 0. The second-order valence-corrected chi connectivity index (χ2v) is 7.61. The number of carbonyl (C=O) groups excluding carboxylic acids is 4. The molecule has 0 spiro atoms. The van der Waals surface area contributed by atoms with Crippen molar-refractivity contribution in [1.29, 1.82) is 0 Å². The monoisotopic (exact) mass is 430 g/mol. The summed E-state index contributed by atoms with van der Waals surface area (Å²) in [6, 6.07) is 4.16. The van der Waals surface area contributed by atoms with E-state index in [0.717, 1.165) is 18.7 Å². The Hall–Kier alpha value is -3.60. The highest BCUT2D eigenvalue weighted by molar-refractivity contribution is 6.24. The van der Waals surface area contributed by atoms with Crippen LogP contribution in [0.5, 0.6) is 0 Å². The Labute approximate surface area is 175 Å². The van der Waals surface area contributed by atoms with Crippen LogP contribution in [0.25, 0.3) is 0 Å². The summed E-state index contributed by atoms with van der Waals surface area (Å²) in [5.74, 6) is -5.22. The molecule has 162 valence electrons. The molecule has 0 radical (unpaired) electrons. The maximum Gasteiger partial charge on any atom is 0.305 e. The molecule has 11 nitrogen and oxygen atoms in total. The number of hydrogen-bond acceptors (Lipinski definition) is 9. The average molecular weight is 430 g/mol. The maximum atomic E-state index is 13.4. The Morgan fingerprint density at radius 2 is 1.84 bits per heavy atom. The van der Waals surface area contributed by atoms with E-state index in [1.54, 1.807) is 13.0 Å². The van der Waals surface area contributed by atoms with Crippen LogP contribution < -0.4 is 4.90 Å². The van der Waals surface area contributed by atoms with Crippen LogP contribution in [0.2, 0.25) is 0 Å². The number of carbonyl (C=O) groups is 4. The van der Waals surface area contributed by atoms with Crippen molar-refractivity contribution in [3.63, 3.8) is 0 Å². The topological polar surface area (TPSA) is 142 Å². The van der Waals surface area contributed by atoms with Gasteiger partial charge in [0.2, 0.25) is 11.8 Å². The molecule has 2 bridgehead atoms. The number of benzene rings is 1. The maximum absolute atomic E-state index is 13.4. The number of fused-ring (bicyclic) bond motifs is 5. The van der Waals surface area contributed by atoms with E-state index in [0.29, 0.717) is 5.56 Å². The van der Waals surface area contributed by atoms with Crippen molar-refractivity contribution in [2.24, 2.45) is 11.8 Å². The van der Waals surface area contributed by atoms with Gasteiger partial charge >= 0.3 is 11.9 Å². The van der Waals surface area contributed by atoms with Gasteiger partial charge < -0.3 is 14.2 Å². The van der Waals surface area contributed by atoms with Crippen LogP contribution in [-0.4, -0.2) is 46.7 Å². The van der Waals surface area contributed by atoms with Crippen molar-refractivity contribution >= 4 is 35.1 Å². The fourth-order valence-electron chi connectivity index (χ4n) is 4.42. The van der Waals surface area contributed by atoms with Gasteiger partial charge in [-0.3, -0.25) is 29.3 Å². The van der Waals surface area contributed by atoms with Gasteiger partial charge in [-0.25, -0.2) is 4.90 Å². The van der Waals surface area contributed by atoms with Gasteiger partial charge in [-0.05, 0) is 24.6 Å². The number of nitro benzene ring substituents is 1. The molecule has 0 aliphatic carbocycles. The zero-order chi connectivity index (χ0) is 22.7. The minimum absolute atomic E-state index is 0.161. The van der Waals surface area contributed by atoms with E-state index in [1.807, 2.05) is 0 Å². The fraction of sp³-hybridized carbons (Fsp3) is 0.400. The van der Waals surface area contributed by atoms with Gasteiger partial charge in [0.1, 0.15) is 5.69 Å². The predicted octanol–water partition coefficient (Wildman–Crippen LogP) is 1.17. The normalized spacial score (nSPS) is 28.3. The number of ether oxygens (including phenoxy) is 3. The largest absolute Gasteiger partial charge is 0.422 e. The Balaban J connectivity index is 1.79. The lowest BCUT2D eigenvalue weighted by Gasteiger charge is -2.34. The van der Waals surface area contributed by atoms with E-state index in [4.69, 9.17) is 14.2 Å². The minimum Gasteiger partial charge on any atom is -0.422 e. The van der Waals surface area contributed by atoms with Gasteiger partial charge in [-0.2, -0.15) is 0 Å². The molecule has 0 N–H and O–H groups in total. The molecule has 3 aliphatic heterocycles. The van der Waals surface area contributed by atoms with Crippen LogP contribution in [0, 0.1) is 28.9 Å². The fourth-order valence-corrected chi connectivity index (χ4v) is 4.42. The highest BCUT2D eigenvalue weighted by atomic mass is 16.7. The van der Waals surface area contributed by atoms with Gasteiger partial charge in [0.25, 0.3) is 12.0 Å². The number of amides is 2. The van der Waals surface area contributed by atoms with Crippen LogP contribution in [0.3, 0.4) is 0 Å². The Morgan fingerprint density at radius 1 is 1.19 bits per heavy atom. The highest BCUT2D eigenvalue weighted by Gasteiger charge is 2.72. The third kappa shape index (κ3) is 3.00. The van der Waals surface area contributed by atoms with E-state index < -0.39 is 64.2 Å². The second-order valence-electron chi connectivity index (χ2n) is 7.61. The molecule has 1 aromatic carbocycles. The molecule has 4 atom stereocenters. The first kappa shape index (κ1) is 20.7. The molecular formula is C20H18N2O9. The summed E-state index contributed by atoms with van der Waals surface area (Å²) in [6.45, 7) is 3.84. The first-order valence-electron chi connectivity index (χ1n) is 9.41. The first-order chi connectivity index (χ1) is 14.6. The Bertz CT molecular complexity index is 1050. The quantitative estimate of drug-likeness (QED) is 0.168. The van der Waals surface area contributed by atoms with Crippen molar-refractivity contribution in [3.05, 3.63) is 46.0 Å². The summed E-state index contributed by atoms with van der Waals surface area (Å²) in [4.78, 5) is 61.5. The molecule has 11 heteroatoms.